The molecule has 2 amide bonds. The van der Waals surface area contributed by atoms with E-state index in [2.05, 4.69) is 5.32 Å². The zero-order chi connectivity index (χ0) is 24.6. The number of carbonyl (C=O) groups is 4. The van der Waals surface area contributed by atoms with Crippen molar-refractivity contribution in [1.82, 2.24) is 10.2 Å². The lowest BCUT2D eigenvalue weighted by Gasteiger charge is -2.32. The number of methoxy groups -OCH3 is 2. The highest BCUT2D eigenvalue weighted by atomic mass is 16.6. The first-order valence-electron chi connectivity index (χ1n) is 10.7. The van der Waals surface area contributed by atoms with Crippen LogP contribution in [-0.2, 0) is 35.1 Å². The molecule has 0 spiro atoms. The molecule has 1 aromatic rings. The number of hydrogen-bond donors (Lipinski definition) is 1. The Labute approximate surface area is 193 Å². The third kappa shape index (κ3) is 7.65. The van der Waals surface area contributed by atoms with Gasteiger partial charge in [-0.05, 0) is 45.6 Å². The molecule has 1 aromatic carbocycles. The van der Waals surface area contributed by atoms with Crippen molar-refractivity contribution in [2.45, 2.75) is 70.4 Å². The second-order valence-electron chi connectivity index (χ2n) is 8.68. The quantitative estimate of drug-likeness (QED) is 0.483. The van der Waals surface area contributed by atoms with Crippen molar-refractivity contribution in [3.63, 3.8) is 0 Å². The first-order chi connectivity index (χ1) is 15.6. The smallest absolute Gasteiger partial charge is 0.411 e. The van der Waals surface area contributed by atoms with Gasteiger partial charge < -0.3 is 24.3 Å². The van der Waals surface area contributed by atoms with Crippen LogP contribution in [0.1, 0.15) is 45.6 Å². The van der Waals surface area contributed by atoms with Gasteiger partial charge >= 0.3 is 24.1 Å². The van der Waals surface area contributed by atoms with Crippen LogP contribution >= 0.6 is 0 Å². The lowest BCUT2D eigenvalue weighted by molar-refractivity contribution is -0.146. The summed E-state index contributed by atoms with van der Waals surface area (Å²) in [5, 5.41) is 2.50. The van der Waals surface area contributed by atoms with Gasteiger partial charge in [-0.15, -0.1) is 0 Å². The molecule has 1 aliphatic heterocycles. The molecule has 1 N–H and O–H groups in total. The molecule has 33 heavy (non-hydrogen) atoms. The second kappa shape index (κ2) is 11.5. The van der Waals surface area contributed by atoms with E-state index in [4.69, 9.17) is 18.9 Å². The maximum Gasteiger partial charge on any atom is 0.411 e. The maximum absolute atomic E-state index is 12.9. The molecule has 1 saturated heterocycles. The van der Waals surface area contributed by atoms with Crippen molar-refractivity contribution in [3.05, 3.63) is 35.9 Å². The number of rotatable bonds is 7. The predicted octanol–water partition coefficient (Wildman–Crippen LogP) is 2.79. The minimum atomic E-state index is -1.09. The summed E-state index contributed by atoms with van der Waals surface area (Å²) in [6.45, 7) is 5.17. The van der Waals surface area contributed by atoms with E-state index in [-0.39, 0.29) is 13.0 Å². The molecule has 1 aliphatic rings. The number of nitrogens with one attached hydrogen (secondary N) is 1. The number of benzene rings is 1. The Morgan fingerprint density at radius 2 is 1.73 bits per heavy atom. The van der Waals surface area contributed by atoms with Gasteiger partial charge in [0.15, 0.2) is 0 Å². The summed E-state index contributed by atoms with van der Waals surface area (Å²) in [6, 6.07) is 6.57. The summed E-state index contributed by atoms with van der Waals surface area (Å²) >= 11 is 0. The summed E-state index contributed by atoms with van der Waals surface area (Å²) in [4.78, 5) is 51.1. The van der Waals surface area contributed by atoms with E-state index in [9.17, 15) is 19.2 Å². The van der Waals surface area contributed by atoms with Crippen molar-refractivity contribution in [2.24, 2.45) is 0 Å². The fraction of sp³-hybridized carbons (Fsp3) is 0.565. The lowest BCUT2D eigenvalue weighted by Crippen LogP contribution is -2.51. The van der Waals surface area contributed by atoms with E-state index in [0.29, 0.717) is 12.8 Å². The molecule has 182 valence electrons. The number of nitrogens with zero attached hydrogens (tertiary/aromatic N) is 1. The van der Waals surface area contributed by atoms with Crippen molar-refractivity contribution in [1.29, 1.82) is 0 Å². The molecule has 3 atom stereocenters. The minimum Gasteiger partial charge on any atom is -0.467 e. The molecule has 0 aromatic heterocycles. The summed E-state index contributed by atoms with van der Waals surface area (Å²) in [5.74, 6) is -1.27. The molecule has 0 radical (unpaired) electrons. The number of likely N-dealkylation sites (tertiary alicyclic amines) is 1. The highest BCUT2D eigenvalue weighted by Gasteiger charge is 2.45. The lowest BCUT2D eigenvalue weighted by atomic mass is 10.0. The number of alkyl carbamates (subject to hydrolysis) is 1. The molecule has 0 bridgehead atoms. The van der Waals surface area contributed by atoms with Crippen LogP contribution in [-0.4, -0.2) is 67.0 Å². The van der Waals surface area contributed by atoms with E-state index >= 15 is 0 Å². The fourth-order valence-corrected chi connectivity index (χ4v) is 3.61. The zero-order valence-electron chi connectivity index (χ0n) is 19.7. The van der Waals surface area contributed by atoms with Crippen LogP contribution in [0.3, 0.4) is 0 Å². The molecule has 1 heterocycles. The Balaban J connectivity index is 2.12. The average Bonchev–Trinajstić information content (AvgIpc) is 3.19. The Hall–Kier alpha value is -3.30. The first kappa shape index (κ1) is 26.0. The molecule has 1 fully saturated rings. The van der Waals surface area contributed by atoms with E-state index in [1.54, 1.807) is 32.9 Å². The standard InChI is InChI=1S/C23H32N2O8/c1-23(2,3)33-22(29)25-16(11-12-18(25)20(27)31-5)13-17(19(26)30-4)24-21(28)32-14-15-9-7-6-8-10-15/h6-10,16-18H,11-14H2,1-5H3,(H,24,28)/t16-,17?,18-/m0/s1. The first-order valence-corrected chi connectivity index (χ1v) is 10.7. The molecule has 2 rings (SSSR count). The highest BCUT2D eigenvalue weighted by molar-refractivity contribution is 5.83. The zero-order valence-corrected chi connectivity index (χ0v) is 19.7. The summed E-state index contributed by atoms with van der Waals surface area (Å²) in [7, 11) is 2.44. The van der Waals surface area contributed by atoms with Gasteiger partial charge in [-0.25, -0.2) is 19.2 Å². The monoisotopic (exact) mass is 464 g/mol. The van der Waals surface area contributed by atoms with E-state index in [1.807, 2.05) is 18.2 Å². The topological polar surface area (TPSA) is 120 Å². The highest BCUT2D eigenvalue weighted by Crippen LogP contribution is 2.30. The maximum atomic E-state index is 12.9. The third-order valence-corrected chi connectivity index (χ3v) is 5.08. The van der Waals surface area contributed by atoms with Gasteiger partial charge in [-0.2, -0.15) is 0 Å². The Morgan fingerprint density at radius 3 is 2.30 bits per heavy atom. The van der Waals surface area contributed by atoms with Gasteiger partial charge in [-0.3, -0.25) is 4.90 Å². The molecule has 1 unspecified atom stereocenters. The van der Waals surface area contributed by atoms with Crippen molar-refractivity contribution >= 4 is 24.1 Å². The van der Waals surface area contributed by atoms with Crippen LogP contribution in [0.5, 0.6) is 0 Å². The van der Waals surface area contributed by atoms with Gasteiger partial charge in [-0.1, -0.05) is 30.3 Å². The van der Waals surface area contributed by atoms with Gasteiger partial charge in [0.1, 0.15) is 24.3 Å². The van der Waals surface area contributed by atoms with Crippen molar-refractivity contribution in [2.75, 3.05) is 14.2 Å². The van der Waals surface area contributed by atoms with E-state index in [1.165, 1.54) is 19.1 Å². The molecule has 10 heteroatoms. The van der Waals surface area contributed by atoms with Crippen LogP contribution in [0.25, 0.3) is 0 Å². The third-order valence-electron chi connectivity index (χ3n) is 5.08. The number of ether oxygens (including phenoxy) is 4. The van der Waals surface area contributed by atoms with Gasteiger partial charge in [0.25, 0.3) is 0 Å². The van der Waals surface area contributed by atoms with Crippen LogP contribution in [0.15, 0.2) is 30.3 Å². The van der Waals surface area contributed by atoms with E-state index < -0.39 is 47.9 Å². The van der Waals surface area contributed by atoms with Gasteiger partial charge in [0, 0.05) is 6.04 Å². The number of hydrogen-bond acceptors (Lipinski definition) is 8. The van der Waals surface area contributed by atoms with Gasteiger partial charge in [0.05, 0.1) is 14.2 Å². The van der Waals surface area contributed by atoms with Crippen molar-refractivity contribution < 1.29 is 38.1 Å². The van der Waals surface area contributed by atoms with Crippen LogP contribution in [0.2, 0.25) is 0 Å². The molecule has 0 aliphatic carbocycles. The Kier molecular flexibility index (Phi) is 9.07. The van der Waals surface area contributed by atoms with Gasteiger partial charge in [0.2, 0.25) is 0 Å². The molecule has 10 nitrogen and oxygen atoms in total. The molecular formula is C23H32N2O8. The normalized spacial score (nSPS) is 18.8. The summed E-state index contributed by atoms with van der Waals surface area (Å²) < 4.78 is 20.3. The van der Waals surface area contributed by atoms with Crippen molar-refractivity contribution in [3.8, 4) is 0 Å². The molecular weight excluding hydrogens is 432 g/mol. The second-order valence-corrected chi connectivity index (χ2v) is 8.68. The van der Waals surface area contributed by atoms with Crippen LogP contribution in [0.4, 0.5) is 9.59 Å². The predicted molar refractivity (Wildman–Crippen MR) is 117 cm³/mol. The summed E-state index contributed by atoms with van der Waals surface area (Å²) in [5.41, 5.74) is 0.00153. The largest absolute Gasteiger partial charge is 0.467 e. The average molecular weight is 465 g/mol. The minimum absolute atomic E-state index is 0.0137. The number of carbonyl (C=O) groups excluding carboxylic acids is 4. The Morgan fingerprint density at radius 1 is 1.06 bits per heavy atom. The number of esters is 2. The van der Waals surface area contributed by atoms with E-state index in [0.717, 1.165) is 5.56 Å². The SMILES string of the molecule is COC(=O)C(C[C@@H]1CC[C@@H](C(=O)OC)N1C(=O)OC(C)(C)C)NC(=O)OCc1ccccc1. The fourth-order valence-electron chi connectivity index (χ4n) is 3.61. The number of amides is 2. The Bertz CT molecular complexity index is 837. The molecule has 0 saturated carbocycles. The van der Waals surface area contributed by atoms with Crippen LogP contribution in [0, 0.1) is 0 Å². The summed E-state index contributed by atoms with van der Waals surface area (Å²) in [6.07, 6.45) is -0.744. The van der Waals surface area contributed by atoms with Crippen LogP contribution < -0.4 is 5.32 Å².